The van der Waals surface area contributed by atoms with Crippen molar-refractivity contribution in [2.45, 2.75) is 0 Å². The van der Waals surface area contributed by atoms with E-state index in [1.807, 2.05) is 97.1 Å². The molecule has 1 aromatic heterocycles. The molecule has 45 heavy (non-hydrogen) atoms. The van der Waals surface area contributed by atoms with Crippen LogP contribution in [0, 0.1) is 0 Å². The summed E-state index contributed by atoms with van der Waals surface area (Å²) in [6.45, 7) is 0. The van der Waals surface area contributed by atoms with Crippen LogP contribution >= 0.6 is 0 Å². The number of hydrogen-bond donors (Lipinski definition) is 0. The number of para-hydroxylation sites is 1. The quantitative estimate of drug-likeness (QED) is 0.188. The van der Waals surface area contributed by atoms with E-state index in [9.17, 15) is 5.48 Å². The molecule has 0 N–H and O–H groups in total. The highest BCUT2D eigenvalue weighted by atomic mass is 16.3. The minimum absolute atomic E-state index is 0.136. The third-order valence-corrected chi connectivity index (χ3v) is 8.46. The maximum atomic E-state index is 9.45. The SMILES string of the molecule is [2H]c1ccc(-c2cccc(-c3c4c([2H])c([2H])c([2H])c([2H])c4c(-c4ccc(-c5ccccc5)c5oc6ccccc6c45)c4c([2H])c([2H])c([2H])c([2H])c34)c2)cc1. The summed E-state index contributed by atoms with van der Waals surface area (Å²) in [5.74, 6) is 0. The van der Waals surface area contributed by atoms with Crippen molar-refractivity contribution >= 4 is 43.5 Å². The van der Waals surface area contributed by atoms with Crippen LogP contribution in [0.5, 0.6) is 0 Å². The average Bonchev–Trinajstić information content (AvgIpc) is 3.60. The zero-order valence-electron chi connectivity index (χ0n) is 32.9. The summed E-state index contributed by atoms with van der Waals surface area (Å²) in [5.41, 5.74) is 5.98. The van der Waals surface area contributed by atoms with Gasteiger partial charge in [-0.1, -0.05) is 151 Å². The second kappa shape index (κ2) is 10.4. The number of hydrogen-bond acceptors (Lipinski definition) is 1. The van der Waals surface area contributed by atoms with Gasteiger partial charge in [-0.3, -0.25) is 0 Å². The third kappa shape index (κ3) is 4.09. The Morgan fingerprint density at radius 1 is 0.400 bits per heavy atom. The summed E-state index contributed by atoms with van der Waals surface area (Å²) in [6.07, 6.45) is 0. The second-order valence-corrected chi connectivity index (χ2v) is 10.9. The Morgan fingerprint density at radius 3 is 1.71 bits per heavy atom. The Balaban J connectivity index is 1.53. The van der Waals surface area contributed by atoms with E-state index in [0.29, 0.717) is 33.7 Å². The lowest BCUT2D eigenvalue weighted by Crippen LogP contribution is -1.92. The zero-order chi connectivity index (χ0) is 37.6. The molecule has 0 saturated carbocycles. The van der Waals surface area contributed by atoms with Crippen LogP contribution in [-0.4, -0.2) is 0 Å². The molecule has 9 rings (SSSR count). The second-order valence-electron chi connectivity index (χ2n) is 10.9. The van der Waals surface area contributed by atoms with Crippen LogP contribution in [0.2, 0.25) is 0 Å². The van der Waals surface area contributed by atoms with Crippen LogP contribution in [0.4, 0.5) is 0 Å². The van der Waals surface area contributed by atoms with Gasteiger partial charge in [0.1, 0.15) is 11.2 Å². The number of benzene rings is 8. The topological polar surface area (TPSA) is 13.1 Å². The first-order chi connectivity index (χ1) is 26.1. The fourth-order valence-electron chi connectivity index (χ4n) is 6.50. The molecule has 0 aliphatic carbocycles. The lowest BCUT2D eigenvalue weighted by Gasteiger charge is -2.19. The van der Waals surface area contributed by atoms with Gasteiger partial charge in [0.2, 0.25) is 0 Å². The van der Waals surface area contributed by atoms with Crippen LogP contribution in [0.25, 0.3) is 88.0 Å². The molecule has 1 heterocycles. The molecule has 9 aromatic rings. The van der Waals surface area contributed by atoms with Gasteiger partial charge < -0.3 is 4.42 Å². The van der Waals surface area contributed by atoms with E-state index < -0.39 is 24.2 Å². The van der Waals surface area contributed by atoms with E-state index in [-0.39, 0.29) is 56.8 Å². The first kappa shape index (κ1) is 18.0. The van der Waals surface area contributed by atoms with E-state index >= 15 is 0 Å². The molecule has 0 amide bonds. The van der Waals surface area contributed by atoms with Crippen LogP contribution in [0.1, 0.15) is 12.3 Å². The van der Waals surface area contributed by atoms with E-state index in [1.54, 1.807) is 18.2 Å². The Hall–Kier alpha value is -5.92. The van der Waals surface area contributed by atoms with Crippen LogP contribution < -0.4 is 0 Å². The van der Waals surface area contributed by atoms with Gasteiger partial charge >= 0.3 is 0 Å². The van der Waals surface area contributed by atoms with E-state index in [0.717, 1.165) is 27.6 Å². The first-order valence-corrected chi connectivity index (χ1v) is 14.7. The Bertz CT molecular complexity index is 2940. The fraction of sp³-hybridized carbons (Fsp3) is 0. The van der Waals surface area contributed by atoms with Gasteiger partial charge in [0, 0.05) is 16.3 Å². The molecule has 0 radical (unpaired) electrons. The molecule has 210 valence electrons. The molecule has 0 unspecified atom stereocenters. The van der Waals surface area contributed by atoms with Gasteiger partial charge in [-0.05, 0) is 78.7 Å². The molecule has 1 heteroatoms. The number of furan rings is 1. The molecule has 8 aromatic carbocycles. The van der Waals surface area contributed by atoms with Crippen molar-refractivity contribution in [3.05, 3.63) is 170 Å². The minimum Gasteiger partial charge on any atom is -0.455 e. The number of fused-ring (bicyclic) bond motifs is 5. The lowest BCUT2D eigenvalue weighted by atomic mass is 9.84. The average molecular weight is 582 g/mol. The molecular formula is C44H28O. The zero-order valence-corrected chi connectivity index (χ0v) is 23.9. The maximum Gasteiger partial charge on any atom is 0.143 e. The van der Waals surface area contributed by atoms with Gasteiger partial charge in [-0.15, -0.1) is 0 Å². The van der Waals surface area contributed by atoms with Crippen molar-refractivity contribution < 1.29 is 16.8 Å². The van der Waals surface area contributed by atoms with Gasteiger partial charge in [0.15, 0.2) is 0 Å². The summed E-state index contributed by atoms with van der Waals surface area (Å²) in [6, 6.07) is 32.6. The molecule has 1 nitrogen and oxygen atoms in total. The molecule has 0 fully saturated rings. The summed E-state index contributed by atoms with van der Waals surface area (Å²) < 4.78 is 87.7. The van der Waals surface area contributed by atoms with Crippen molar-refractivity contribution in [1.29, 1.82) is 0 Å². The van der Waals surface area contributed by atoms with Crippen molar-refractivity contribution in [3.8, 4) is 44.5 Å². The smallest absolute Gasteiger partial charge is 0.143 e. The van der Waals surface area contributed by atoms with E-state index in [2.05, 4.69) is 0 Å². The maximum absolute atomic E-state index is 9.45. The van der Waals surface area contributed by atoms with Crippen molar-refractivity contribution in [2.24, 2.45) is 0 Å². The first-order valence-electron chi connectivity index (χ1n) is 19.2. The van der Waals surface area contributed by atoms with Gasteiger partial charge in [0.25, 0.3) is 0 Å². The summed E-state index contributed by atoms with van der Waals surface area (Å²) >= 11 is 0. The normalized spacial score (nSPS) is 14.4. The number of rotatable bonds is 4. The lowest BCUT2D eigenvalue weighted by molar-refractivity contribution is 0.670. The van der Waals surface area contributed by atoms with Crippen molar-refractivity contribution in [3.63, 3.8) is 0 Å². The predicted molar refractivity (Wildman–Crippen MR) is 190 cm³/mol. The standard InChI is InChI=1S/C44H28O/c1-3-14-29(15-4-1)31-18-13-19-32(28-31)41-34-20-7-9-22-36(34)42(37-23-10-8-21-35(37)41)39-27-26-33(30-16-5-2-6-17-30)44-43(39)38-24-11-12-25-40(38)45-44/h1-28H/i1D,7D,8D,9D,10D,20D,21D,22D,23D. The molecule has 0 saturated heterocycles. The van der Waals surface area contributed by atoms with Crippen LogP contribution in [0.3, 0.4) is 0 Å². The Kier molecular flexibility index (Phi) is 4.15. The molecule has 0 spiro atoms. The summed E-state index contributed by atoms with van der Waals surface area (Å²) in [7, 11) is 0. The summed E-state index contributed by atoms with van der Waals surface area (Å²) in [4.78, 5) is 0. The van der Waals surface area contributed by atoms with E-state index in [1.165, 1.54) is 0 Å². The predicted octanol–water partition coefficient (Wildman–Crippen LogP) is 12.6. The third-order valence-electron chi connectivity index (χ3n) is 8.46. The molecular weight excluding hydrogens is 544 g/mol. The van der Waals surface area contributed by atoms with Crippen molar-refractivity contribution in [2.75, 3.05) is 0 Å². The van der Waals surface area contributed by atoms with Crippen molar-refractivity contribution in [1.82, 2.24) is 0 Å². The molecule has 0 bridgehead atoms. The van der Waals surface area contributed by atoms with Crippen LogP contribution in [0.15, 0.2) is 174 Å². The van der Waals surface area contributed by atoms with Crippen LogP contribution in [-0.2, 0) is 0 Å². The monoisotopic (exact) mass is 581 g/mol. The fourth-order valence-corrected chi connectivity index (χ4v) is 6.50. The molecule has 0 atom stereocenters. The summed E-state index contributed by atoms with van der Waals surface area (Å²) in [5, 5.41) is 1.95. The van der Waals surface area contributed by atoms with Gasteiger partial charge in [-0.25, -0.2) is 0 Å². The van der Waals surface area contributed by atoms with E-state index in [4.69, 9.17) is 11.3 Å². The minimum atomic E-state index is -0.460. The Morgan fingerprint density at radius 2 is 0.978 bits per heavy atom. The highest BCUT2D eigenvalue weighted by Crippen LogP contribution is 2.48. The van der Waals surface area contributed by atoms with Gasteiger partial charge in [0.05, 0.1) is 12.3 Å². The Labute approximate surface area is 274 Å². The largest absolute Gasteiger partial charge is 0.455 e. The van der Waals surface area contributed by atoms with Gasteiger partial charge in [-0.2, -0.15) is 0 Å². The molecule has 0 aliphatic rings. The highest BCUT2D eigenvalue weighted by molar-refractivity contribution is 6.26. The molecule has 0 aliphatic heterocycles. The highest BCUT2D eigenvalue weighted by Gasteiger charge is 2.22.